The van der Waals surface area contributed by atoms with E-state index in [4.69, 9.17) is 10.2 Å². The molecule has 1 aliphatic heterocycles. The molecule has 4 rings (SSSR count). The number of rotatable bonds is 9. The molecule has 0 bridgehead atoms. The van der Waals surface area contributed by atoms with Gasteiger partial charge in [-0.05, 0) is 68.3 Å². The number of carbonyl (C=O) groups excluding carboxylic acids is 1. The van der Waals surface area contributed by atoms with Crippen LogP contribution in [0.15, 0.2) is 97.1 Å². The van der Waals surface area contributed by atoms with Gasteiger partial charge in [0.05, 0.1) is 0 Å². The van der Waals surface area contributed by atoms with Gasteiger partial charge < -0.3 is 24.9 Å². The molecular formula is C32H37N3O5. The van der Waals surface area contributed by atoms with Gasteiger partial charge in [-0.25, -0.2) is 9.59 Å². The third-order valence-electron chi connectivity index (χ3n) is 6.68. The molecule has 1 fully saturated rings. The molecule has 0 aromatic heterocycles. The van der Waals surface area contributed by atoms with Gasteiger partial charge in [0.1, 0.15) is 0 Å². The molecule has 8 heteroatoms. The van der Waals surface area contributed by atoms with E-state index >= 15 is 0 Å². The quantitative estimate of drug-likeness (QED) is 0.335. The zero-order valence-electron chi connectivity index (χ0n) is 23.0. The van der Waals surface area contributed by atoms with Gasteiger partial charge in [0, 0.05) is 61.0 Å². The van der Waals surface area contributed by atoms with E-state index < -0.39 is 11.9 Å². The van der Waals surface area contributed by atoms with Crippen molar-refractivity contribution in [3.63, 3.8) is 0 Å². The molecule has 0 radical (unpaired) electrons. The average molecular weight is 544 g/mol. The lowest BCUT2D eigenvalue weighted by molar-refractivity contribution is -0.134. The van der Waals surface area contributed by atoms with Crippen LogP contribution in [0, 0.1) is 0 Å². The summed E-state index contributed by atoms with van der Waals surface area (Å²) in [5.74, 6) is -2.51. The van der Waals surface area contributed by atoms with Gasteiger partial charge in [0.15, 0.2) is 0 Å². The smallest absolute Gasteiger partial charge is 0.328 e. The number of hydrogen-bond donors (Lipinski definition) is 2. The monoisotopic (exact) mass is 543 g/mol. The Balaban J connectivity index is 0.000000482. The van der Waals surface area contributed by atoms with Crippen LogP contribution in [-0.2, 0) is 9.59 Å². The lowest BCUT2D eigenvalue weighted by atomic mass is 10.0. The predicted molar refractivity (Wildman–Crippen MR) is 158 cm³/mol. The van der Waals surface area contributed by atoms with Crippen LogP contribution in [0.4, 0.5) is 17.1 Å². The minimum Gasteiger partial charge on any atom is -0.478 e. The van der Waals surface area contributed by atoms with Gasteiger partial charge in [-0.3, -0.25) is 4.79 Å². The number of benzene rings is 3. The predicted octanol–water partition coefficient (Wildman–Crippen LogP) is 5.69. The Bertz CT molecular complexity index is 1260. The van der Waals surface area contributed by atoms with E-state index in [1.54, 1.807) is 4.90 Å². The molecule has 2 N–H and O–H groups in total. The van der Waals surface area contributed by atoms with E-state index in [-0.39, 0.29) is 5.91 Å². The number of amides is 1. The van der Waals surface area contributed by atoms with Crippen LogP contribution < -0.4 is 9.80 Å². The van der Waals surface area contributed by atoms with Crippen molar-refractivity contribution in [2.75, 3.05) is 36.5 Å². The van der Waals surface area contributed by atoms with E-state index in [0.29, 0.717) is 23.8 Å². The summed E-state index contributed by atoms with van der Waals surface area (Å²) in [6, 6.07) is 28.9. The molecule has 3 aromatic rings. The number of carbonyl (C=O) groups is 3. The maximum atomic E-state index is 13.2. The molecule has 3 aromatic carbocycles. The van der Waals surface area contributed by atoms with E-state index in [2.05, 4.69) is 53.1 Å². The zero-order valence-corrected chi connectivity index (χ0v) is 23.0. The van der Waals surface area contributed by atoms with Crippen LogP contribution in [0.3, 0.4) is 0 Å². The van der Waals surface area contributed by atoms with Gasteiger partial charge in [-0.15, -0.1) is 0 Å². The number of aliphatic carboxylic acids is 2. The standard InChI is InChI=1S/C28H33N3O.C4H4O4/c1-3-19-30-20-17-26(18-21-30)31(25-14-8-5-9-15-25)27-16-10-11-23(22-27)28(32)29(2)24-12-6-4-7-13-24;5-3(6)1-2-4(7)8/h4-16,22,26H,3,17-21H2,1-2H3;1-2H,(H,5,6)(H,7,8)/b;2-1+. The number of carboxylic acids is 2. The van der Waals surface area contributed by atoms with Crippen molar-refractivity contribution in [3.05, 3.63) is 103 Å². The van der Waals surface area contributed by atoms with Crippen LogP contribution >= 0.6 is 0 Å². The second-order valence-corrected chi connectivity index (χ2v) is 9.54. The van der Waals surface area contributed by atoms with Crippen LogP contribution in [0.2, 0.25) is 0 Å². The molecule has 8 nitrogen and oxygen atoms in total. The summed E-state index contributed by atoms with van der Waals surface area (Å²) in [6.45, 7) is 5.67. The van der Waals surface area contributed by atoms with Crippen LogP contribution in [-0.4, -0.2) is 65.7 Å². The molecule has 1 amide bonds. The van der Waals surface area contributed by atoms with Crippen molar-refractivity contribution in [3.8, 4) is 0 Å². The Kier molecular flexibility index (Phi) is 11.5. The van der Waals surface area contributed by atoms with Crippen LogP contribution in [0.5, 0.6) is 0 Å². The van der Waals surface area contributed by atoms with E-state index in [9.17, 15) is 14.4 Å². The lowest BCUT2D eigenvalue weighted by Gasteiger charge is -2.40. The Morgan fingerprint density at radius 1 is 0.800 bits per heavy atom. The summed E-state index contributed by atoms with van der Waals surface area (Å²) in [5, 5.41) is 15.6. The topological polar surface area (TPSA) is 101 Å². The highest BCUT2D eigenvalue weighted by Crippen LogP contribution is 2.33. The van der Waals surface area contributed by atoms with E-state index in [0.717, 1.165) is 37.3 Å². The normalized spacial score (nSPS) is 13.8. The van der Waals surface area contributed by atoms with Crippen molar-refractivity contribution in [2.24, 2.45) is 0 Å². The summed E-state index contributed by atoms with van der Waals surface area (Å²) < 4.78 is 0. The summed E-state index contributed by atoms with van der Waals surface area (Å²) in [6.07, 6.45) is 4.56. The first kappa shape index (κ1) is 30.1. The SMILES string of the molecule is CCCN1CCC(N(c2ccccc2)c2cccc(C(=O)N(C)c3ccccc3)c2)CC1.O=C(O)/C=C/C(=O)O. The minimum absolute atomic E-state index is 0.00354. The zero-order chi connectivity index (χ0) is 28.9. The highest BCUT2D eigenvalue weighted by molar-refractivity contribution is 6.06. The number of likely N-dealkylation sites (tertiary alicyclic amines) is 1. The highest BCUT2D eigenvalue weighted by Gasteiger charge is 2.26. The summed E-state index contributed by atoms with van der Waals surface area (Å²) in [7, 11) is 1.84. The Hall–Kier alpha value is -4.43. The molecule has 0 unspecified atom stereocenters. The number of carboxylic acid groups (broad SMARTS) is 2. The molecule has 0 atom stereocenters. The third-order valence-corrected chi connectivity index (χ3v) is 6.68. The van der Waals surface area contributed by atoms with Gasteiger partial charge >= 0.3 is 11.9 Å². The largest absolute Gasteiger partial charge is 0.478 e. The van der Waals surface area contributed by atoms with Crippen LogP contribution in [0.1, 0.15) is 36.5 Å². The number of para-hydroxylation sites is 2. The fourth-order valence-electron chi connectivity index (χ4n) is 4.77. The Labute approximate surface area is 235 Å². The molecule has 1 aliphatic rings. The molecule has 1 saturated heterocycles. The molecule has 0 saturated carbocycles. The average Bonchev–Trinajstić information content (AvgIpc) is 2.98. The van der Waals surface area contributed by atoms with Gasteiger partial charge in [-0.2, -0.15) is 0 Å². The summed E-state index contributed by atoms with van der Waals surface area (Å²) >= 11 is 0. The van der Waals surface area contributed by atoms with Gasteiger partial charge in [-0.1, -0.05) is 49.4 Å². The molecular weight excluding hydrogens is 506 g/mol. The second kappa shape index (κ2) is 15.2. The fraction of sp³-hybridized carbons (Fsp3) is 0.281. The van der Waals surface area contributed by atoms with Crippen molar-refractivity contribution in [1.82, 2.24) is 4.90 Å². The second-order valence-electron chi connectivity index (χ2n) is 9.54. The molecule has 0 aliphatic carbocycles. The number of piperidine rings is 1. The fourth-order valence-corrected chi connectivity index (χ4v) is 4.77. The maximum absolute atomic E-state index is 13.2. The van der Waals surface area contributed by atoms with Crippen LogP contribution in [0.25, 0.3) is 0 Å². The van der Waals surface area contributed by atoms with Crippen molar-refractivity contribution < 1.29 is 24.6 Å². The Morgan fingerprint density at radius 2 is 1.32 bits per heavy atom. The summed E-state index contributed by atoms with van der Waals surface area (Å²) in [4.78, 5) is 39.1. The summed E-state index contributed by atoms with van der Waals surface area (Å²) in [5.41, 5.74) is 3.87. The number of hydrogen-bond acceptors (Lipinski definition) is 5. The van der Waals surface area contributed by atoms with E-state index in [1.807, 2.05) is 55.6 Å². The molecule has 210 valence electrons. The molecule has 1 heterocycles. The minimum atomic E-state index is -1.26. The first-order valence-corrected chi connectivity index (χ1v) is 13.4. The van der Waals surface area contributed by atoms with E-state index in [1.165, 1.54) is 18.7 Å². The maximum Gasteiger partial charge on any atom is 0.328 e. The van der Waals surface area contributed by atoms with Crippen molar-refractivity contribution in [2.45, 2.75) is 32.2 Å². The van der Waals surface area contributed by atoms with Crippen molar-refractivity contribution >= 4 is 34.9 Å². The number of nitrogens with zero attached hydrogens (tertiary/aromatic N) is 3. The van der Waals surface area contributed by atoms with Gasteiger partial charge in [0.25, 0.3) is 5.91 Å². The first-order chi connectivity index (χ1) is 19.3. The lowest BCUT2D eigenvalue weighted by Crippen LogP contribution is -2.43. The van der Waals surface area contributed by atoms with Crippen molar-refractivity contribution in [1.29, 1.82) is 0 Å². The molecule has 0 spiro atoms. The van der Waals surface area contributed by atoms with Gasteiger partial charge in [0.2, 0.25) is 0 Å². The molecule has 40 heavy (non-hydrogen) atoms. The highest BCUT2D eigenvalue weighted by atomic mass is 16.4. The number of anilines is 3. The Morgan fingerprint density at radius 3 is 1.85 bits per heavy atom. The third kappa shape index (κ3) is 8.81. The first-order valence-electron chi connectivity index (χ1n) is 13.4.